The number of aryl methyl sites for hydroxylation is 1. The van der Waals surface area contributed by atoms with Crippen LogP contribution in [0.4, 0.5) is 10.2 Å². The molecule has 0 fully saturated rings. The summed E-state index contributed by atoms with van der Waals surface area (Å²) in [6.45, 7) is 1.34. The number of nitrogens with zero attached hydrogens (tertiary/aromatic N) is 5. The predicted molar refractivity (Wildman–Crippen MR) is 118 cm³/mol. The van der Waals surface area contributed by atoms with Gasteiger partial charge in [-0.25, -0.2) is 19.0 Å². The van der Waals surface area contributed by atoms with Crippen molar-refractivity contribution in [2.45, 2.75) is 20.1 Å². The first-order valence-electron chi connectivity index (χ1n) is 9.80. The molecule has 0 radical (unpaired) electrons. The van der Waals surface area contributed by atoms with Crippen molar-refractivity contribution in [1.82, 2.24) is 24.3 Å². The van der Waals surface area contributed by atoms with Gasteiger partial charge in [-0.3, -0.25) is 9.36 Å². The number of anilines is 1. The fourth-order valence-electron chi connectivity index (χ4n) is 4.03. The van der Waals surface area contributed by atoms with E-state index in [9.17, 15) is 9.18 Å². The Labute approximate surface area is 176 Å². The summed E-state index contributed by atoms with van der Waals surface area (Å²) in [5, 5.41) is 6.27. The van der Waals surface area contributed by atoms with Crippen molar-refractivity contribution >= 4 is 27.6 Å². The summed E-state index contributed by atoms with van der Waals surface area (Å²) in [6.07, 6.45) is 1.33. The fourth-order valence-corrected chi connectivity index (χ4v) is 4.03. The highest BCUT2D eigenvalue weighted by Crippen LogP contribution is 2.24. The van der Waals surface area contributed by atoms with E-state index < -0.39 is 6.67 Å². The minimum absolute atomic E-state index is 0.117. The van der Waals surface area contributed by atoms with E-state index in [0.717, 1.165) is 16.6 Å². The van der Waals surface area contributed by atoms with Crippen LogP contribution in [-0.4, -0.2) is 24.3 Å². The standard InChI is InChI=1S/C23H19FN6O/c1-14-6-5-7-15-10-17(30(23(31)19(14)15)16-8-3-2-4-9-16)12-29-22-20(18(11-24)28-29)21(25)26-13-27-22/h2-10,13H,11-12H2,1H3,(H2,25,26,27). The van der Waals surface area contributed by atoms with E-state index in [1.807, 2.05) is 61.5 Å². The van der Waals surface area contributed by atoms with Gasteiger partial charge in [0.15, 0.2) is 5.65 Å². The van der Waals surface area contributed by atoms with Gasteiger partial charge in [-0.1, -0.05) is 36.4 Å². The number of fused-ring (bicyclic) bond motifs is 2. The van der Waals surface area contributed by atoms with E-state index in [1.165, 1.54) is 6.33 Å². The number of pyridine rings is 1. The number of para-hydroxylation sites is 1. The van der Waals surface area contributed by atoms with Crippen LogP contribution in [0, 0.1) is 6.92 Å². The minimum atomic E-state index is -0.788. The third kappa shape index (κ3) is 3.04. The van der Waals surface area contributed by atoms with Crippen LogP contribution >= 0.6 is 0 Å². The molecule has 8 heteroatoms. The molecule has 0 saturated carbocycles. The molecule has 7 nitrogen and oxygen atoms in total. The van der Waals surface area contributed by atoms with Crippen molar-refractivity contribution in [3.05, 3.63) is 88.2 Å². The average Bonchev–Trinajstić information content (AvgIpc) is 3.13. The molecule has 0 spiro atoms. The van der Waals surface area contributed by atoms with Crippen LogP contribution in [0.15, 0.2) is 65.7 Å². The number of benzene rings is 2. The molecule has 0 aliphatic carbocycles. The number of halogens is 1. The van der Waals surface area contributed by atoms with Crippen LogP contribution in [0.2, 0.25) is 0 Å². The largest absolute Gasteiger partial charge is 0.383 e. The summed E-state index contributed by atoms with van der Waals surface area (Å²) in [5.74, 6) is 0.179. The van der Waals surface area contributed by atoms with Gasteiger partial charge >= 0.3 is 0 Å². The molecule has 3 aromatic heterocycles. The lowest BCUT2D eigenvalue weighted by molar-refractivity contribution is 0.471. The van der Waals surface area contributed by atoms with Gasteiger partial charge in [0.05, 0.1) is 17.3 Å². The molecule has 31 heavy (non-hydrogen) atoms. The maximum atomic E-state index is 13.6. The highest BCUT2D eigenvalue weighted by molar-refractivity contribution is 5.88. The van der Waals surface area contributed by atoms with E-state index in [-0.39, 0.29) is 23.6 Å². The number of aromatic nitrogens is 5. The Morgan fingerprint density at radius 2 is 1.84 bits per heavy atom. The first-order chi connectivity index (χ1) is 15.1. The molecular weight excluding hydrogens is 395 g/mol. The minimum Gasteiger partial charge on any atom is -0.383 e. The lowest BCUT2D eigenvalue weighted by atomic mass is 10.1. The Balaban J connectivity index is 1.79. The van der Waals surface area contributed by atoms with Crippen LogP contribution in [0.5, 0.6) is 0 Å². The number of alkyl halides is 1. The van der Waals surface area contributed by atoms with Gasteiger partial charge in [0.1, 0.15) is 24.5 Å². The molecule has 0 aliphatic rings. The summed E-state index contributed by atoms with van der Waals surface area (Å²) in [6, 6.07) is 17.1. The lowest BCUT2D eigenvalue weighted by Gasteiger charge is -2.16. The van der Waals surface area contributed by atoms with Crippen LogP contribution < -0.4 is 11.3 Å². The number of rotatable bonds is 4. The Kier molecular flexibility index (Phi) is 4.47. The van der Waals surface area contributed by atoms with Gasteiger partial charge in [0.2, 0.25) is 0 Å². The molecule has 5 rings (SSSR count). The molecule has 2 aromatic carbocycles. The normalized spacial score (nSPS) is 11.4. The zero-order valence-corrected chi connectivity index (χ0v) is 16.8. The number of nitrogens with two attached hydrogens (primary N) is 1. The molecule has 3 heterocycles. The second-order valence-electron chi connectivity index (χ2n) is 7.35. The fraction of sp³-hybridized carbons (Fsp3) is 0.130. The topological polar surface area (TPSA) is 91.6 Å². The van der Waals surface area contributed by atoms with E-state index in [2.05, 4.69) is 15.1 Å². The van der Waals surface area contributed by atoms with Gasteiger partial charge in [-0.05, 0) is 36.1 Å². The quantitative estimate of drug-likeness (QED) is 0.486. The first kappa shape index (κ1) is 18.9. The van der Waals surface area contributed by atoms with Crippen molar-refractivity contribution < 1.29 is 4.39 Å². The van der Waals surface area contributed by atoms with E-state index >= 15 is 0 Å². The maximum Gasteiger partial charge on any atom is 0.263 e. The van der Waals surface area contributed by atoms with Crippen molar-refractivity contribution in [1.29, 1.82) is 0 Å². The zero-order chi connectivity index (χ0) is 21.5. The van der Waals surface area contributed by atoms with E-state index in [1.54, 1.807) is 9.25 Å². The average molecular weight is 414 g/mol. The third-order valence-electron chi connectivity index (χ3n) is 5.42. The monoisotopic (exact) mass is 414 g/mol. The molecule has 0 aliphatic heterocycles. The third-order valence-corrected chi connectivity index (χ3v) is 5.42. The zero-order valence-electron chi connectivity index (χ0n) is 16.8. The molecule has 0 bridgehead atoms. The van der Waals surface area contributed by atoms with Gasteiger partial charge < -0.3 is 5.73 Å². The number of hydrogen-bond acceptors (Lipinski definition) is 5. The Hall–Kier alpha value is -4.07. The van der Waals surface area contributed by atoms with Gasteiger partial charge in [0, 0.05) is 11.4 Å². The Morgan fingerprint density at radius 3 is 2.61 bits per heavy atom. The van der Waals surface area contributed by atoms with Crippen molar-refractivity contribution in [2.24, 2.45) is 0 Å². The van der Waals surface area contributed by atoms with Crippen LogP contribution in [0.1, 0.15) is 17.0 Å². The van der Waals surface area contributed by atoms with Gasteiger partial charge in [-0.15, -0.1) is 0 Å². The Bertz CT molecular complexity index is 1490. The van der Waals surface area contributed by atoms with E-state index in [0.29, 0.717) is 22.1 Å². The van der Waals surface area contributed by atoms with Gasteiger partial charge in [-0.2, -0.15) is 5.10 Å². The number of nitrogen functional groups attached to an aromatic ring is 1. The maximum absolute atomic E-state index is 13.6. The summed E-state index contributed by atoms with van der Waals surface area (Å²) in [4.78, 5) is 21.8. The highest BCUT2D eigenvalue weighted by Gasteiger charge is 2.18. The summed E-state index contributed by atoms with van der Waals surface area (Å²) >= 11 is 0. The molecule has 0 unspecified atom stereocenters. The summed E-state index contributed by atoms with van der Waals surface area (Å²) in [5.41, 5.74) is 8.78. The van der Waals surface area contributed by atoms with Crippen LogP contribution in [-0.2, 0) is 13.2 Å². The highest BCUT2D eigenvalue weighted by atomic mass is 19.1. The molecule has 5 aromatic rings. The Morgan fingerprint density at radius 1 is 1.03 bits per heavy atom. The molecular formula is C23H19FN6O. The number of hydrogen-bond donors (Lipinski definition) is 1. The second kappa shape index (κ2) is 7.32. The molecule has 0 saturated heterocycles. The van der Waals surface area contributed by atoms with Crippen LogP contribution in [0.3, 0.4) is 0 Å². The van der Waals surface area contributed by atoms with Crippen LogP contribution in [0.25, 0.3) is 27.5 Å². The van der Waals surface area contributed by atoms with E-state index in [4.69, 9.17) is 5.73 Å². The molecule has 0 atom stereocenters. The molecule has 2 N–H and O–H groups in total. The smallest absolute Gasteiger partial charge is 0.263 e. The van der Waals surface area contributed by atoms with Crippen molar-refractivity contribution in [3.8, 4) is 5.69 Å². The predicted octanol–water partition coefficient (Wildman–Crippen LogP) is 3.54. The van der Waals surface area contributed by atoms with Gasteiger partial charge in [0.25, 0.3) is 5.56 Å². The molecule has 0 amide bonds. The SMILES string of the molecule is Cc1cccc2cc(Cn3nc(CF)c4c(N)ncnc43)n(-c3ccccc3)c(=O)c12. The van der Waals surface area contributed by atoms with Crippen molar-refractivity contribution in [3.63, 3.8) is 0 Å². The first-order valence-corrected chi connectivity index (χ1v) is 9.80. The summed E-state index contributed by atoms with van der Waals surface area (Å²) < 4.78 is 16.8. The second-order valence-corrected chi connectivity index (χ2v) is 7.35. The summed E-state index contributed by atoms with van der Waals surface area (Å²) in [7, 11) is 0. The van der Waals surface area contributed by atoms with Crippen molar-refractivity contribution in [2.75, 3.05) is 5.73 Å². The molecule has 154 valence electrons. The lowest BCUT2D eigenvalue weighted by Crippen LogP contribution is -2.24.